The normalized spacial score (nSPS) is 13.1. The minimum Gasteiger partial charge on any atom is -0.383 e. The number of aromatic nitrogens is 2. The zero-order valence-electron chi connectivity index (χ0n) is 11.8. The SMILES string of the molecule is COC[C@@H](C)N(C)Cc1cc(=O)n2cc(Cl)ccc2n1. The molecule has 0 saturated heterocycles. The van der Waals surface area contributed by atoms with Gasteiger partial charge in [0.1, 0.15) is 5.65 Å². The molecular weight excluding hydrogens is 278 g/mol. The number of likely N-dealkylation sites (N-methyl/N-ethyl adjacent to an activating group) is 1. The molecule has 1 atom stereocenters. The van der Waals surface area contributed by atoms with E-state index < -0.39 is 0 Å². The average molecular weight is 296 g/mol. The summed E-state index contributed by atoms with van der Waals surface area (Å²) in [5.74, 6) is 0. The highest BCUT2D eigenvalue weighted by Crippen LogP contribution is 2.09. The summed E-state index contributed by atoms with van der Waals surface area (Å²) in [6, 6.07) is 5.26. The van der Waals surface area contributed by atoms with Gasteiger partial charge in [0.15, 0.2) is 0 Å². The molecule has 0 aromatic carbocycles. The van der Waals surface area contributed by atoms with Crippen molar-refractivity contribution in [3.05, 3.63) is 45.5 Å². The molecule has 20 heavy (non-hydrogen) atoms. The lowest BCUT2D eigenvalue weighted by Gasteiger charge is -2.23. The van der Waals surface area contributed by atoms with Crippen LogP contribution in [0.2, 0.25) is 5.02 Å². The minimum atomic E-state index is -0.125. The molecular formula is C14H18ClN3O2. The number of halogens is 1. The Balaban J connectivity index is 2.28. The van der Waals surface area contributed by atoms with Crippen molar-refractivity contribution in [1.82, 2.24) is 14.3 Å². The quantitative estimate of drug-likeness (QED) is 0.844. The smallest absolute Gasteiger partial charge is 0.258 e. The van der Waals surface area contributed by atoms with Crippen LogP contribution in [0.3, 0.4) is 0 Å². The first-order valence-corrected chi connectivity index (χ1v) is 6.76. The van der Waals surface area contributed by atoms with Gasteiger partial charge in [-0.05, 0) is 26.1 Å². The molecule has 0 aliphatic rings. The van der Waals surface area contributed by atoms with Crippen LogP contribution in [0.5, 0.6) is 0 Å². The van der Waals surface area contributed by atoms with Gasteiger partial charge in [-0.15, -0.1) is 0 Å². The molecule has 0 N–H and O–H groups in total. The van der Waals surface area contributed by atoms with E-state index in [0.29, 0.717) is 23.8 Å². The molecule has 0 spiro atoms. The summed E-state index contributed by atoms with van der Waals surface area (Å²) in [6.07, 6.45) is 1.58. The third kappa shape index (κ3) is 3.36. The molecule has 0 unspecified atom stereocenters. The van der Waals surface area contributed by atoms with Crippen LogP contribution in [-0.2, 0) is 11.3 Å². The Kier molecular flexibility index (Phi) is 4.75. The van der Waals surface area contributed by atoms with E-state index in [1.165, 1.54) is 4.40 Å². The summed E-state index contributed by atoms with van der Waals surface area (Å²) < 4.78 is 6.58. The van der Waals surface area contributed by atoms with Gasteiger partial charge in [0.05, 0.1) is 17.3 Å². The van der Waals surface area contributed by atoms with Gasteiger partial charge in [-0.25, -0.2) is 4.98 Å². The standard InChI is InChI=1S/C14H18ClN3O2/c1-10(9-20-3)17(2)8-12-6-14(19)18-7-11(15)4-5-13(18)16-12/h4-7,10H,8-9H2,1-3H3/t10-/m1/s1. The van der Waals surface area contributed by atoms with Gasteiger partial charge in [0.25, 0.3) is 5.56 Å². The van der Waals surface area contributed by atoms with Crippen molar-refractivity contribution in [2.75, 3.05) is 20.8 Å². The van der Waals surface area contributed by atoms with Crippen molar-refractivity contribution >= 4 is 17.2 Å². The van der Waals surface area contributed by atoms with E-state index in [0.717, 1.165) is 5.69 Å². The van der Waals surface area contributed by atoms with Crippen LogP contribution >= 0.6 is 11.6 Å². The number of nitrogens with zero attached hydrogens (tertiary/aromatic N) is 3. The molecule has 2 aromatic heterocycles. The predicted molar refractivity (Wildman–Crippen MR) is 79.3 cm³/mol. The van der Waals surface area contributed by atoms with Crippen LogP contribution in [0.15, 0.2) is 29.2 Å². The van der Waals surface area contributed by atoms with E-state index in [9.17, 15) is 4.79 Å². The predicted octanol–water partition coefficient (Wildman–Crippen LogP) is 1.81. The summed E-state index contributed by atoms with van der Waals surface area (Å²) in [7, 11) is 3.66. The van der Waals surface area contributed by atoms with E-state index in [-0.39, 0.29) is 11.6 Å². The monoisotopic (exact) mass is 295 g/mol. The molecule has 2 aromatic rings. The van der Waals surface area contributed by atoms with Crippen LogP contribution in [0.1, 0.15) is 12.6 Å². The summed E-state index contributed by atoms with van der Waals surface area (Å²) in [6.45, 7) is 3.30. The maximum atomic E-state index is 12.0. The first kappa shape index (κ1) is 15.0. The van der Waals surface area contributed by atoms with Crippen LogP contribution in [0.25, 0.3) is 5.65 Å². The first-order chi connectivity index (χ1) is 9.51. The summed E-state index contributed by atoms with van der Waals surface area (Å²) in [5.41, 5.74) is 1.22. The van der Waals surface area contributed by atoms with Crippen LogP contribution < -0.4 is 5.56 Å². The number of hydrogen-bond acceptors (Lipinski definition) is 4. The van der Waals surface area contributed by atoms with E-state index in [4.69, 9.17) is 16.3 Å². The fraction of sp³-hybridized carbons (Fsp3) is 0.429. The van der Waals surface area contributed by atoms with Gasteiger partial charge >= 0.3 is 0 Å². The van der Waals surface area contributed by atoms with Gasteiger partial charge in [-0.1, -0.05) is 11.6 Å². The topological polar surface area (TPSA) is 46.8 Å². The van der Waals surface area contributed by atoms with Crippen molar-refractivity contribution in [2.45, 2.75) is 19.5 Å². The zero-order chi connectivity index (χ0) is 14.7. The Morgan fingerprint density at radius 3 is 2.95 bits per heavy atom. The van der Waals surface area contributed by atoms with Gasteiger partial charge in [0, 0.05) is 32.0 Å². The highest BCUT2D eigenvalue weighted by molar-refractivity contribution is 6.30. The first-order valence-electron chi connectivity index (χ1n) is 6.38. The largest absolute Gasteiger partial charge is 0.383 e. The lowest BCUT2D eigenvalue weighted by molar-refractivity contribution is 0.111. The fourth-order valence-corrected chi connectivity index (χ4v) is 2.15. The van der Waals surface area contributed by atoms with Crippen LogP contribution in [0, 0.1) is 0 Å². The molecule has 108 valence electrons. The average Bonchev–Trinajstić information content (AvgIpc) is 2.40. The number of ether oxygens (including phenoxy) is 1. The molecule has 0 radical (unpaired) electrons. The summed E-state index contributed by atoms with van der Waals surface area (Å²) in [4.78, 5) is 18.6. The third-order valence-electron chi connectivity index (χ3n) is 3.25. The molecule has 0 aliphatic heterocycles. The highest BCUT2D eigenvalue weighted by Gasteiger charge is 2.11. The van der Waals surface area contributed by atoms with E-state index >= 15 is 0 Å². The Morgan fingerprint density at radius 1 is 1.50 bits per heavy atom. The van der Waals surface area contributed by atoms with Gasteiger partial charge in [-0.2, -0.15) is 0 Å². The molecule has 5 nitrogen and oxygen atoms in total. The summed E-state index contributed by atoms with van der Waals surface area (Å²) >= 11 is 5.88. The maximum absolute atomic E-state index is 12.0. The highest BCUT2D eigenvalue weighted by atomic mass is 35.5. The number of fused-ring (bicyclic) bond motifs is 1. The van der Waals surface area contributed by atoms with Gasteiger partial charge in [0.2, 0.25) is 0 Å². The molecule has 0 amide bonds. The van der Waals surface area contributed by atoms with Crippen molar-refractivity contribution in [1.29, 1.82) is 0 Å². The van der Waals surface area contributed by atoms with E-state index in [2.05, 4.69) is 16.8 Å². The van der Waals surface area contributed by atoms with Gasteiger partial charge < -0.3 is 4.74 Å². The molecule has 2 heterocycles. The van der Waals surface area contributed by atoms with Crippen molar-refractivity contribution in [3.63, 3.8) is 0 Å². The van der Waals surface area contributed by atoms with Crippen LogP contribution in [-0.4, -0.2) is 41.1 Å². The molecule has 2 rings (SSSR count). The lowest BCUT2D eigenvalue weighted by atomic mass is 10.3. The Hall–Kier alpha value is -1.43. The second-order valence-corrected chi connectivity index (χ2v) is 5.32. The Morgan fingerprint density at radius 2 is 2.25 bits per heavy atom. The second kappa shape index (κ2) is 6.35. The second-order valence-electron chi connectivity index (χ2n) is 4.88. The molecule has 0 bridgehead atoms. The zero-order valence-corrected chi connectivity index (χ0v) is 12.6. The minimum absolute atomic E-state index is 0.125. The van der Waals surface area contributed by atoms with E-state index in [1.807, 2.05) is 7.05 Å². The third-order valence-corrected chi connectivity index (χ3v) is 3.47. The van der Waals surface area contributed by atoms with Crippen LogP contribution in [0.4, 0.5) is 0 Å². The maximum Gasteiger partial charge on any atom is 0.258 e. The number of hydrogen-bond donors (Lipinski definition) is 0. The van der Waals surface area contributed by atoms with E-state index in [1.54, 1.807) is 31.5 Å². The van der Waals surface area contributed by atoms with Gasteiger partial charge in [-0.3, -0.25) is 14.1 Å². The molecule has 0 fully saturated rings. The number of pyridine rings is 1. The van der Waals surface area contributed by atoms with Crippen molar-refractivity contribution < 1.29 is 4.74 Å². The number of rotatable bonds is 5. The molecule has 0 saturated carbocycles. The number of methoxy groups -OCH3 is 1. The van der Waals surface area contributed by atoms with Crippen molar-refractivity contribution in [2.24, 2.45) is 0 Å². The Bertz CT molecular complexity index is 656. The summed E-state index contributed by atoms with van der Waals surface area (Å²) in [5, 5.41) is 0.514. The molecule has 6 heteroatoms. The molecule has 0 aliphatic carbocycles. The Labute approximate surface area is 122 Å². The lowest BCUT2D eigenvalue weighted by Crippen LogP contribution is -2.33. The van der Waals surface area contributed by atoms with Crippen molar-refractivity contribution in [3.8, 4) is 0 Å². The fourth-order valence-electron chi connectivity index (χ4n) is 1.99.